The van der Waals surface area contributed by atoms with Crippen LogP contribution in [0.2, 0.25) is 0 Å². The Hall–Kier alpha value is -1.07. The molecule has 0 saturated carbocycles. The first kappa shape index (κ1) is 22.9. The molecule has 3 N–H and O–H groups in total. The summed E-state index contributed by atoms with van der Waals surface area (Å²) in [7, 11) is 0. The number of carbonyl (C=O) groups is 1. The minimum absolute atomic E-state index is 0. The second-order valence-corrected chi connectivity index (χ2v) is 6.87. The smallest absolute Gasteiger partial charge is 0.220 e. The molecule has 0 bridgehead atoms. The van der Waals surface area contributed by atoms with Gasteiger partial charge in [-0.15, -0.1) is 12.4 Å². The maximum atomic E-state index is 12.2. The summed E-state index contributed by atoms with van der Waals surface area (Å²) >= 11 is 0. The molecular weight excluding hydrogens is 324 g/mol. The molecule has 24 heavy (non-hydrogen) atoms. The SMILES string of the molecule is CCCCC(CN)NC(=O)CCc1c(C)nn(CC(C)C)c1C.Cl. The zero-order valence-corrected chi connectivity index (χ0v) is 16.7. The monoisotopic (exact) mass is 358 g/mol. The van der Waals surface area contributed by atoms with Gasteiger partial charge >= 0.3 is 0 Å². The summed E-state index contributed by atoms with van der Waals surface area (Å²) in [5, 5.41) is 7.67. The lowest BCUT2D eigenvalue weighted by molar-refractivity contribution is -0.121. The van der Waals surface area contributed by atoms with Gasteiger partial charge in [-0.25, -0.2) is 0 Å². The van der Waals surface area contributed by atoms with Gasteiger partial charge < -0.3 is 11.1 Å². The Labute approximate surface area is 153 Å². The number of carbonyl (C=O) groups excluding carboxylic acids is 1. The van der Waals surface area contributed by atoms with E-state index in [1.807, 2.05) is 6.92 Å². The third kappa shape index (κ3) is 7.22. The number of nitrogens with one attached hydrogen (secondary N) is 1. The van der Waals surface area contributed by atoms with Gasteiger partial charge in [0.2, 0.25) is 5.91 Å². The van der Waals surface area contributed by atoms with E-state index in [1.54, 1.807) is 0 Å². The summed E-state index contributed by atoms with van der Waals surface area (Å²) in [6, 6.07) is 0.105. The Bertz CT molecular complexity index is 499. The molecule has 140 valence electrons. The Morgan fingerprint density at radius 1 is 1.33 bits per heavy atom. The lowest BCUT2D eigenvalue weighted by atomic mass is 10.1. The van der Waals surface area contributed by atoms with E-state index in [4.69, 9.17) is 5.73 Å². The van der Waals surface area contributed by atoms with Crippen molar-refractivity contribution in [1.29, 1.82) is 0 Å². The van der Waals surface area contributed by atoms with Crippen molar-refractivity contribution in [2.45, 2.75) is 79.3 Å². The van der Waals surface area contributed by atoms with Crippen LogP contribution in [-0.2, 0) is 17.8 Å². The van der Waals surface area contributed by atoms with E-state index in [-0.39, 0.29) is 24.4 Å². The third-order valence-corrected chi connectivity index (χ3v) is 4.23. The van der Waals surface area contributed by atoms with E-state index in [0.717, 1.165) is 37.9 Å². The Morgan fingerprint density at radius 2 is 2.00 bits per heavy atom. The minimum atomic E-state index is 0. The van der Waals surface area contributed by atoms with Gasteiger partial charge in [0.1, 0.15) is 0 Å². The highest BCUT2D eigenvalue weighted by molar-refractivity contribution is 5.85. The molecule has 0 aliphatic heterocycles. The summed E-state index contributed by atoms with van der Waals surface area (Å²) in [6.45, 7) is 12.1. The van der Waals surface area contributed by atoms with Gasteiger partial charge in [-0.2, -0.15) is 5.10 Å². The number of nitrogens with zero attached hydrogens (tertiary/aromatic N) is 2. The highest BCUT2D eigenvalue weighted by Gasteiger charge is 2.15. The maximum Gasteiger partial charge on any atom is 0.220 e. The summed E-state index contributed by atoms with van der Waals surface area (Å²) < 4.78 is 2.07. The van der Waals surface area contributed by atoms with Gasteiger partial charge in [0, 0.05) is 31.2 Å². The van der Waals surface area contributed by atoms with Gasteiger partial charge in [0.25, 0.3) is 0 Å². The summed E-state index contributed by atoms with van der Waals surface area (Å²) in [5.41, 5.74) is 9.17. The van der Waals surface area contributed by atoms with Gasteiger partial charge in [-0.1, -0.05) is 33.6 Å². The number of aromatic nitrogens is 2. The van der Waals surface area contributed by atoms with Crippen LogP contribution in [0.5, 0.6) is 0 Å². The number of nitrogens with two attached hydrogens (primary N) is 1. The van der Waals surface area contributed by atoms with Crippen molar-refractivity contribution in [2.24, 2.45) is 11.7 Å². The highest BCUT2D eigenvalue weighted by Crippen LogP contribution is 2.16. The van der Waals surface area contributed by atoms with Crippen LogP contribution in [0.15, 0.2) is 0 Å². The molecule has 1 amide bonds. The van der Waals surface area contributed by atoms with Crippen LogP contribution in [0.1, 0.15) is 63.4 Å². The van der Waals surface area contributed by atoms with Crippen LogP contribution in [0.4, 0.5) is 0 Å². The number of aryl methyl sites for hydroxylation is 1. The number of hydrogen-bond donors (Lipinski definition) is 2. The molecule has 0 aliphatic rings. The number of unbranched alkanes of at least 4 members (excludes halogenated alkanes) is 1. The molecule has 0 saturated heterocycles. The minimum Gasteiger partial charge on any atom is -0.352 e. The van der Waals surface area contributed by atoms with Crippen molar-refractivity contribution in [3.8, 4) is 0 Å². The number of halogens is 1. The van der Waals surface area contributed by atoms with Crippen LogP contribution in [-0.4, -0.2) is 28.3 Å². The molecule has 0 radical (unpaired) electrons. The zero-order valence-electron chi connectivity index (χ0n) is 15.9. The third-order valence-electron chi connectivity index (χ3n) is 4.23. The summed E-state index contributed by atoms with van der Waals surface area (Å²) in [6.07, 6.45) is 4.43. The molecule has 1 aromatic heterocycles. The lowest BCUT2D eigenvalue weighted by Gasteiger charge is -2.16. The van der Waals surface area contributed by atoms with Gasteiger partial charge in [0.15, 0.2) is 0 Å². The van der Waals surface area contributed by atoms with Gasteiger partial charge in [-0.3, -0.25) is 9.48 Å². The molecule has 0 aromatic carbocycles. The predicted molar refractivity (Wildman–Crippen MR) is 103 cm³/mol. The van der Waals surface area contributed by atoms with E-state index in [0.29, 0.717) is 18.9 Å². The van der Waals surface area contributed by atoms with Crippen LogP contribution in [0.25, 0.3) is 0 Å². The first-order chi connectivity index (χ1) is 10.9. The number of amides is 1. The van der Waals surface area contributed by atoms with Crippen molar-refractivity contribution < 1.29 is 4.79 Å². The summed E-state index contributed by atoms with van der Waals surface area (Å²) in [4.78, 5) is 12.2. The molecule has 0 spiro atoms. The zero-order chi connectivity index (χ0) is 17.4. The molecule has 1 rings (SSSR count). The largest absolute Gasteiger partial charge is 0.352 e. The van der Waals surface area contributed by atoms with E-state index in [2.05, 4.69) is 42.8 Å². The van der Waals surface area contributed by atoms with Crippen molar-refractivity contribution in [1.82, 2.24) is 15.1 Å². The van der Waals surface area contributed by atoms with Crippen molar-refractivity contribution in [3.63, 3.8) is 0 Å². The van der Waals surface area contributed by atoms with Crippen LogP contribution < -0.4 is 11.1 Å². The first-order valence-electron chi connectivity index (χ1n) is 8.91. The van der Waals surface area contributed by atoms with Crippen LogP contribution in [0, 0.1) is 19.8 Å². The standard InChI is InChI=1S/C18H34N4O.ClH/c1-6-7-8-16(11-19)20-18(23)10-9-17-14(4)21-22(15(17)5)12-13(2)3;/h13,16H,6-12,19H2,1-5H3,(H,20,23);1H. The summed E-state index contributed by atoms with van der Waals surface area (Å²) in [5.74, 6) is 0.653. The molecule has 1 unspecified atom stereocenters. The normalized spacial score (nSPS) is 12.1. The Morgan fingerprint density at radius 3 is 2.54 bits per heavy atom. The average Bonchev–Trinajstić information content (AvgIpc) is 2.75. The lowest BCUT2D eigenvalue weighted by Crippen LogP contribution is -2.40. The van der Waals surface area contributed by atoms with Crippen LogP contribution >= 0.6 is 12.4 Å². The average molecular weight is 359 g/mol. The quantitative estimate of drug-likeness (QED) is 0.674. The van der Waals surface area contributed by atoms with Crippen molar-refractivity contribution in [3.05, 3.63) is 17.0 Å². The van der Waals surface area contributed by atoms with Crippen molar-refractivity contribution in [2.75, 3.05) is 6.54 Å². The van der Waals surface area contributed by atoms with Gasteiger partial charge in [-0.05, 0) is 38.2 Å². The first-order valence-corrected chi connectivity index (χ1v) is 8.91. The molecule has 1 aromatic rings. The number of hydrogen-bond acceptors (Lipinski definition) is 3. The molecule has 0 fully saturated rings. The topological polar surface area (TPSA) is 72.9 Å². The maximum absolute atomic E-state index is 12.2. The van der Waals surface area contributed by atoms with Crippen molar-refractivity contribution >= 4 is 18.3 Å². The fourth-order valence-corrected chi connectivity index (χ4v) is 2.86. The fraction of sp³-hybridized carbons (Fsp3) is 0.778. The van der Waals surface area contributed by atoms with E-state index < -0.39 is 0 Å². The Balaban J connectivity index is 0.00000529. The highest BCUT2D eigenvalue weighted by atomic mass is 35.5. The predicted octanol–water partition coefficient (Wildman–Crippen LogP) is 3.14. The molecule has 0 aliphatic carbocycles. The molecule has 6 heteroatoms. The second-order valence-electron chi connectivity index (χ2n) is 6.87. The van der Waals surface area contributed by atoms with Gasteiger partial charge in [0.05, 0.1) is 5.69 Å². The van der Waals surface area contributed by atoms with Crippen LogP contribution in [0.3, 0.4) is 0 Å². The van der Waals surface area contributed by atoms with E-state index in [1.165, 1.54) is 11.3 Å². The molecule has 1 atom stereocenters. The second kappa shape index (κ2) is 11.5. The fourth-order valence-electron chi connectivity index (χ4n) is 2.86. The molecule has 5 nitrogen and oxygen atoms in total. The molecular formula is C18H35ClN4O. The Kier molecular flexibility index (Phi) is 11.0. The van der Waals surface area contributed by atoms with E-state index >= 15 is 0 Å². The van der Waals surface area contributed by atoms with E-state index in [9.17, 15) is 4.79 Å². The molecule has 1 heterocycles. The number of rotatable bonds is 10.